The summed E-state index contributed by atoms with van der Waals surface area (Å²) in [6.07, 6.45) is 2.53. The monoisotopic (exact) mass is 241 g/mol. The maximum absolute atomic E-state index is 12.7. The molecular formula is C12H16FNOS. The number of amides is 1. The molecule has 0 spiro atoms. The molecule has 0 fully saturated rings. The third-order valence-electron chi connectivity index (χ3n) is 2.28. The van der Waals surface area contributed by atoms with E-state index in [-0.39, 0.29) is 11.7 Å². The Morgan fingerprint density at radius 3 is 2.56 bits per heavy atom. The topological polar surface area (TPSA) is 20.3 Å². The molecular weight excluding hydrogens is 225 g/mol. The minimum atomic E-state index is -0.250. The zero-order valence-corrected chi connectivity index (χ0v) is 10.4. The lowest BCUT2D eigenvalue weighted by atomic mass is 10.2. The van der Waals surface area contributed by atoms with Gasteiger partial charge in [-0.15, -0.1) is 0 Å². The first-order valence-corrected chi connectivity index (χ1v) is 6.50. The zero-order valence-electron chi connectivity index (χ0n) is 9.57. The molecule has 88 valence electrons. The lowest BCUT2D eigenvalue weighted by Crippen LogP contribution is -2.26. The van der Waals surface area contributed by atoms with Gasteiger partial charge in [0.2, 0.25) is 5.91 Å². The number of benzene rings is 1. The number of nitrogens with zero attached hydrogens (tertiary/aromatic N) is 1. The van der Waals surface area contributed by atoms with Gasteiger partial charge in [-0.05, 0) is 24.0 Å². The van der Waals surface area contributed by atoms with Gasteiger partial charge >= 0.3 is 0 Å². The van der Waals surface area contributed by atoms with Crippen LogP contribution in [0.3, 0.4) is 0 Å². The Labute approximate surface area is 99.8 Å². The minimum absolute atomic E-state index is 0.124. The summed E-state index contributed by atoms with van der Waals surface area (Å²) >= 11 is 1.66. The largest absolute Gasteiger partial charge is 0.341 e. The lowest BCUT2D eigenvalue weighted by molar-refractivity contribution is -0.129. The van der Waals surface area contributed by atoms with Gasteiger partial charge in [0.05, 0.1) is 0 Å². The molecule has 0 atom stereocenters. The molecule has 16 heavy (non-hydrogen) atoms. The van der Waals surface area contributed by atoms with Crippen molar-refractivity contribution in [2.75, 3.05) is 19.1 Å². The SMILES string of the molecule is CSCCC(=O)N(C)Cc1ccc(F)cc1. The van der Waals surface area contributed by atoms with E-state index in [1.807, 2.05) is 6.26 Å². The highest BCUT2D eigenvalue weighted by Crippen LogP contribution is 2.07. The highest BCUT2D eigenvalue weighted by molar-refractivity contribution is 7.98. The van der Waals surface area contributed by atoms with Gasteiger partial charge in [0.1, 0.15) is 5.82 Å². The average molecular weight is 241 g/mol. The predicted octanol–water partition coefficient (Wildman–Crippen LogP) is 2.54. The first-order valence-electron chi connectivity index (χ1n) is 5.11. The fourth-order valence-corrected chi connectivity index (χ4v) is 1.71. The molecule has 0 aliphatic rings. The fourth-order valence-electron chi connectivity index (χ4n) is 1.33. The average Bonchev–Trinajstić information content (AvgIpc) is 2.29. The summed E-state index contributed by atoms with van der Waals surface area (Å²) < 4.78 is 12.7. The molecule has 0 saturated carbocycles. The van der Waals surface area contributed by atoms with Gasteiger partial charge in [-0.2, -0.15) is 11.8 Å². The molecule has 0 aliphatic heterocycles. The molecule has 0 radical (unpaired) electrons. The Bertz CT molecular complexity index is 339. The van der Waals surface area contributed by atoms with E-state index >= 15 is 0 Å². The Hall–Kier alpha value is -1.03. The van der Waals surface area contributed by atoms with Gasteiger partial charge in [-0.25, -0.2) is 4.39 Å². The van der Waals surface area contributed by atoms with Crippen LogP contribution < -0.4 is 0 Å². The summed E-state index contributed by atoms with van der Waals surface area (Å²) in [5.41, 5.74) is 0.946. The van der Waals surface area contributed by atoms with E-state index in [2.05, 4.69) is 0 Å². The second kappa shape index (κ2) is 6.53. The van der Waals surface area contributed by atoms with Crippen molar-refractivity contribution in [2.45, 2.75) is 13.0 Å². The van der Waals surface area contributed by atoms with Crippen LogP contribution in [0.5, 0.6) is 0 Å². The first-order chi connectivity index (χ1) is 7.63. The molecule has 1 aromatic rings. The van der Waals surface area contributed by atoms with Crippen LogP contribution in [0, 0.1) is 5.82 Å². The van der Waals surface area contributed by atoms with E-state index in [0.717, 1.165) is 11.3 Å². The summed E-state index contributed by atoms with van der Waals surface area (Å²) in [7, 11) is 1.77. The lowest BCUT2D eigenvalue weighted by Gasteiger charge is -2.16. The van der Waals surface area contributed by atoms with Crippen LogP contribution in [0.25, 0.3) is 0 Å². The van der Waals surface area contributed by atoms with Gasteiger partial charge in [0.25, 0.3) is 0 Å². The van der Waals surface area contributed by atoms with Crippen LogP contribution >= 0.6 is 11.8 Å². The summed E-state index contributed by atoms with van der Waals surface area (Å²) in [4.78, 5) is 13.3. The number of rotatable bonds is 5. The van der Waals surface area contributed by atoms with Crippen LogP contribution in [0.2, 0.25) is 0 Å². The maximum atomic E-state index is 12.7. The van der Waals surface area contributed by atoms with Gasteiger partial charge < -0.3 is 4.90 Å². The zero-order chi connectivity index (χ0) is 12.0. The summed E-state index contributed by atoms with van der Waals surface area (Å²) in [5, 5.41) is 0. The Morgan fingerprint density at radius 2 is 2.00 bits per heavy atom. The van der Waals surface area contributed by atoms with Crippen LogP contribution in [0.4, 0.5) is 4.39 Å². The molecule has 0 saturated heterocycles. The van der Waals surface area contributed by atoms with E-state index in [9.17, 15) is 9.18 Å². The smallest absolute Gasteiger partial charge is 0.223 e. The number of hydrogen-bond acceptors (Lipinski definition) is 2. The molecule has 0 heterocycles. The minimum Gasteiger partial charge on any atom is -0.341 e. The molecule has 0 unspecified atom stereocenters. The van der Waals surface area contributed by atoms with Crippen molar-refractivity contribution < 1.29 is 9.18 Å². The molecule has 0 aliphatic carbocycles. The highest BCUT2D eigenvalue weighted by atomic mass is 32.2. The van der Waals surface area contributed by atoms with Crippen LogP contribution in [-0.2, 0) is 11.3 Å². The molecule has 4 heteroatoms. The quantitative estimate of drug-likeness (QED) is 0.789. The number of hydrogen-bond donors (Lipinski definition) is 0. The molecule has 0 N–H and O–H groups in total. The first kappa shape index (κ1) is 13.0. The van der Waals surface area contributed by atoms with Gasteiger partial charge in [-0.1, -0.05) is 12.1 Å². The van der Waals surface area contributed by atoms with E-state index in [4.69, 9.17) is 0 Å². The van der Waals surface area contributed by atoms with Crippen LogP contribution in [0.15, 0.2) is 24.3 Å². The third-order valence-corrected chi connectivity index (χ3v) is 2.89. The molecule has 1 aromatic carbocycles. The molecule has 0 aromatic heterocycles. The Kier molecular flexibility index (Phi) is 5.32. The number of halogens is 1. The van der Waals surface area contributed by atoms with Gasteiger partial charge in [0, 0.05) is 25.8 Å². The number of carbonyl (C=O) groups is 1. The van der Waals surface area contributed by atoms with E-state index in [0.29, 0.717) is 13.0 Å². The van der Waals surface area contributed by atoms with Crippen molar-refractivity contribution in [1.82, 2.24) is 4.90 Å². The molecule has 1 rings (SSSR count). The van der Waals surface area contributed by atoms with Crippen molar-refractivity contribution in [3.05, 3.63) is 35.6 Å². The number of carbonyl (C=O) groups excluding carboxylic acids is 1. The normalized spacial score (nSPS) is 10.2. The second-order valence-electron chi connectivity index (χ2n) is 3.62. The number of thioether (sulfide) groups is 1. The summed E-state index contributed by atoms with van der Waals surface area (Å²) in [6.45, 7) is 0.535. The van der Waals surface area contributed by atoms with Crippen molar-refractivity contribution >= 4 is 17.7 Å². The molecule has 2 nitrogen and oxygen atoms in total. The predicted molar refractivity (Wildman–Crippen MR) is 65.9 cm³/mol. The van der Waals surface area contributed by atoms with Crippen molar-refractivity contribution in [1.29, 1.82) is 0 Å². The fraction of sp³-hybridized carbons (Fsp3) is 0.417. The van der Waals surface area contributed by atoms with Crippen molar-refractivity contribution in [3.8, 4) is 0 Å². The Balaban J connectivity index is 2.47. The summed E-state index contributed by atoms with van der Waals surface area (Å²) in [6, 6.07) is 6.23. The highest BCUT2D eigenvalue weighted by Gasteiger charge is 2.08. The third kappa shape index (κ3) is 4.23. The summed E-state index contributed by atoms with van der Waals surface area (Å²) in [5.74, 6) is 0.714. The Morgan fingerprint density at radius 1 is 1.38 bits per heavy atom. The van der Waals surface area contributed by atoms with E-state index in [1.54, 1.807) is 35.8 Å². The maximum Gasteiger partial charge on any atom is 0.223 e. The second-order valence-corrected chi connectivity index (χ2v) is 4.60. The van der Waals surface area contributed by atoms with Gasteiger partial charge in [-0.3, -0.25) is 4.79 Å². The van der Waals surface area contributed by atoms with Crippen molar-refractivity contribution in [3.63, 3.8) is 0 Å². The standard InChI is InChI=1S/C12H16FNOS/c1-14(12(15)7-8-16-2)9-10-3-5-11(13)6-4-10/h3-6H,7-9H2,1-2H3. The van der Waals surface area contributed by atoms with Crippen LogP contribution in [-0.4, -0.2) is 29.9 Å². The molecule has 0 bridgehead atoms. The van der Waals surface area contributed by atoms with Gasteiger partial charge in [0.15, 0.2) is 0 Å². The molecule has 1 amide bonds. The van der Waals surface area contributed by atoms with Crippen LogP contribution in [0.1, 0.15) is 12.0 Å². The van der Waals surface area contributed by atoms with Crippen molar-refractivity contribution in [2.24, 2.45) is 0 Å². The van der Waals surface area contributed by atoms with E-state index < -0.39 is 0 Å². The van der Waals surface area contributed by atoms with E-state index in [1.165, 1.54) is 12.1 Å².